The largest absolute Gasteiger partial charge is 0.490 e. The fourth-order valence-corrected chi connectivity index (χ4v) is 2.54. The molecule has 0 aliphatic heterocycles. The van der Waals surface area contributed by atoms with E-state index in [-0.39, 0.29) is 17.3 Å². The van der Waals surface area contributed by atoms with Crippen molar-refractivity contribution >= 4 is 35.7 Å². The molecule has 0 aliphatic carbocycles. The van der Waals surface area contributed by atoms with Gasteiger partial charge in [-0.05, 0) is 18.2 Å². The summed E-state index contributed by atoms with van der Waals surface area (Å²) in [6.07, 6.45) is 0. The molecule has 0 heterocycles. The van der Waals surface area contributed by atoms with Crippen molar-refractivity contribution in [1.29, 1.82) is 0 Å². The molecule has 0 unspecified atom stereocenters. The minimum Gasteiger partial charge on any atom is -0.490 e. The quantitative estimate of drug-likeness (QED) is 0.615. The Morgan fingerprint density at radius 2 is 2.06 bits per heavy atom. The maximum Gasteiger partial charge on any atom is 0.265 e. The monoisotopic (exact) mass is 328 g/mol. The van der Waals surface area contributed by atoms with Crippen molar-refractivity contribution in [1.82, 2.24) is 0 Å². The van der Waals surface area contributed by atoms with Crippen LogP contribution in [0.25, 0.3) is 0 Å². The lowest BCUT2D eigenvalue weighted by molar-refractivity contribution is 0.144. The van der Waals surface area contributed by atoms with Gasteiger partial charge in [0.2, 0.25) is 0 Å². The van der Waals surface area contributed by atoms with Crippen LogP contribution in [-0.2, 0) is 13.8 Å². The zero-order chi connectivity index (χ0) is 12.2. The minimum absolute atomic E-state index is 0.0559. The van der Waals surface area contributed by atoms with Crippen LogP contribution < -0.4 is 4.74 Å². The summed E-state index contributed by atoms with van der Waals surface area (Å²) < 4.78 is 33.2. The van der Waals surface area contributed by atoms with E-state index in [1.807, 2.05) is 0 Å². The molecular formula is C9H10BrClO4S. The highest BCUT2D eigenvalue weighted by molar-refractivity contribution is 9.10. The van der Waals surface area contributed by atoms with E-state index in [4.69, 9.17) is 20.2 Å². The zero-order valence-corrected chi connectivity index (χ0v) is 11.6. The highest BCUT2D eigenvalue weighted by Crippen LogP contribution is 2.29. The third-order valence-electron chi connectivity index (χ3n) is 1.71. The number of halogens is 2. The molecule has 0 aromatic heterocycles. The molecule has 1 aromatic rings. The Labute approximate surface area is 107 Å². The number of methoxy groups -OCH3 is 1. The van der Waals surface area contributed by atoms with Crippen molar-refractivity contribution in [3.05, 3.63) is 22.7 Å². The standard InChI is InChI=1S/C9H10BrClO4S/c1-14-4-5-15-8-3-2-7(10)6-9(8)16(11,12)13/h2-3,6H,4-5H2,1H3. The van der Waals surface area contributed by atoms with Gasteiger partial charge in [-0.15, -0.1) is 0 Å². The van der Waals surface area contributed by atoms with E-state index in [2.05, 4.69) is 15.9 Å². The number of benzene rings is 1. The summed E-state index contributed by atoms with van der Waals surface area (Å²) in [5.41, 5.74) is 0. The minimum atomic E-state index is -3.82. The molecule has 0 aliphatic rings. The summed E-state index contributed by atoms with van der Waals surface area (Å²) in [5.74, 6) is 0.218. The first-order valence-corrected chi connectivity index (χ1v) is 7.41. The van der Waals surface area contributed by atoms with Crippen LogP contribution in [0.15, 0.2) is 27.6 Å². The van der Waals surface area contributed by atoms with Gasteiger partial charge >= 0.3 is 0 Å². The van der Waals surface area contributed by atoms with Crippen LogP contribution in [0.1, 0.15) is 0 Å². The Balaban J connectivity index is 2.99. The van der Waals surface area contributed by atoms with Crippen molar-refractivity contribution in [2.24, 2.45) is 0 Å². The molecule has 0 amide bonds. The topological polar surface area (TPSA) is 52.6 Å². The molecule has 4 nitrogen and oxygen atoms in total. The second-order valence-corrected chi connectivity index (χ2v) is 6.32. The lowest BCUT2D eigenvalue weighted by atomic mass is 10.3. The van der Waals surface area contributed by atoms with Gasteiger partial charge < -0.3 is 9.47 Å². The summed E-state index contributed by atoms with van der Waals surface area (Å²) in [4.78, 5) is -0.0559. The van der Waals surface area contributed by atoms with Crippen LogP contribution >= 0.6 is 26.6 Å². The van der Waals surface area contributed by atoms with Crippen LogP contribution in [-0.4, -0.2) is 28.7 Å². The number of hydrogen-bond acceptors (Lipinski definition) is 4. The van der Waals surface area contributed by atoms with Gasteiger partial charge in [-0.1, -0.05) is 15.9 Å². The summed E-state index contributed by atoms with van der Waals surface area (Å²) in [7, 11) is 3.00. The third kappa shape index (κ3) is 3.93. The van der Waals surface area contributed by atoms with Gasteiger partial charge in [0.05, 0.1) is 6.61 Å². The molecule has 7 heteroatoms. The smallest absolute Gasteiger partial charge is 0.265 e. The van der Waals surface area contributed by atoms with Crippen LogP contribution in [0.4, 0.5) is 0 Å². The molecule has 1 aromatic carbocycles. The van der Waals surface area contributed by atoms with E-state index in [1.165, 1.54) is 19.2 Å². The highest BCUT2D eigenvalue weighted by atomic mass is 79.9. The summed E-state index contributed by atoms with van der Waals surface area (Å²) in [5, 5.41) is 0. The number of ether oxygens (including phenoxy) is 2. The second kappa shape index (κ2) is 5.86. The van der Waals surface area contributed by atoms with Crippen LogP contribution in [0.5, 0.6) is 5.75 Å². The van der Waals surface area contributed by atoms with Crippen molar-refractivity contribution in [3.8, 4) is 5.75 Å². The van der Waals surface area contributed by atoms with Crippen molar-refractivity contribution in [2.45, 2.75) is 4.90 Å². The van der Waals surface area contributed by atoms with Crippen molar-refractivity contribution in [3.63, 3.8) is 0 Å². The maximum absolute atomic E-state index is 11.3. The fourth-order valence-electron chi connectivity index (χ4n) is 1.03. The predicted molar refractivity (Wildman–Crippen MR) is 64.6 cm³/mol. The maximum atomic E-state index is 11.3. The van der Waals surface area contributed by atoms with Crippen LogP contribution in [0, 0.1) is 0 Å². The van der Waals surface area contributed by atoms with E-state index < -0.39 is 9.05 Å². The van der Waals surface area contributed by atoms with Crippen LogP contribution in [0.3, 0.4) is 0 Å². The first-order valence-electron chi connectivity index (χ1n) is 4.31. The van der Waals surface area contributed by atoms with Crippen LogP contribution in [0.2, 0.25) is 0 Å². The molecule has 0 saturated carbocycles. The van der Waals surface area contributed by atoms with Crippen molar-refractivity contribution < 1.29 is 17.9 Å². The lowest BCUT2D eigenvalue weighted by Crippen LogP contribution is -2.06. The molecule has 0 radical (unpaired) electrons. The first kappa shape index (κ1) is 13.8. The number of hydrogen-bond donors (Lipinski definition) is 0. The van der Waals surface area contributed by atoms with Gasteiger partial charge in [0.25, 0.3) is 9.05 Å². The van der Waals surface area contributed by atoms with E-state index in [1.54, 1.807) is 6.07 Å². The normalized spacial score (nSPS) is 11.4. The molecular weight excluding hydrogens is 320 g/mol. The molecule has 0 spiro atoms. The molecule has 1 rings (SSSR count). The number of rotatable bonds is 5. The Morgan fingerprint density at radius 3 is 2.62 bits per heavy atom. The van der Waals surface area contributed by atoms with Crippen molar-refractivity contribution in [2.75, 3.05) is 20.3 Å². The summed E-state index contributed by atoms with van der Waals surface area (Å²) in [6, 6.07) is 4.60. The van der Waals surface area contributed by atoms with Gasteiger partial charge in [-0.2, -0.15) is 0 Å². The average Bonchev–Trinajstić information content (AvgIpc) is 2.19. The van der Waals surface area contributed by atoms with E-state index >= 15 is 0 Å². The molecule has 90 valence electrons. The Morgan fingerprint density at radius 1 is 1.38 bits per heavy atom. The SMILES string of the molecule is COCCOc1ccc(Br)cc1S(=O)(=O)Cl. The third-order valence-corrected chi connectivity index (χ3v) is 3.55. The average molecular weight is 330 g/mol. The molecule has 0 N–H and O–H groups in total. The molecule has 0 fully saturated rings. The van der Waals surface area contributed by atoms with Gasteiger partial charge in [0.15, 0.2) is 0 Å². The Kier molecular flexibility index (Phi) is 5.04. The van der Waals surface area contributed by atoms with E-state index in [0.717, 1.165) is 0 Å². The first-order chi connectivity index (χ1) is 7.45. The fraction of sp³-hybridized carbons (Fsp3) is 0.333. The second-order valence-electron chi connectivity index (χ2n) is 2.87. The zero-order valence-electron chi connectivity index (χ0n) is 8.44. The van der Waals surface area contributed by atoms with Gasteiger partial charge in [-0.25, -0.2) is 8.42 Å². The van der Waals surface area contributed by atoms with Gasteiger partial charge in [0, 0.05) is 22.3 Å². The molecule has 0 saturated heterocycles. The summed E-state index contributed by atoms with van der Waals surface area (Å²) in [6.45, 7) is 0.634. The summed E-state index contributed by atoms with van der Waals surface area (Å²) >= 11 is 3.17. The van der Waals surface area contributed by atoms with E-state index in [9.17, 15) is 8.42 Å². The van der Waals surface area contributed by atoms with Gasteiger partial charge in [-0.3, -0.25) is 0 Å². The molecule has 0 bridgehead atoms. The Bertz CT molecular complexity index is 461. The molecule has 0 atom stereocenters. The Hall–Kier alpha value is -0.300. The highest BCUT2D eigenvalue weighted by Gasteiger charge is 2.17. The van der Waals surface area contributed by atoms with Gasteiger partial charge in [0.1, 0.15) is 17.3 Å². The predicted octanol–water partition coefficient (Wildman–Crippen LogP) is 2.40. The molecule has 16 heavy (non-hydrogen) atoms. The van der Waals surface area contributed by atoms with E-state index in [0.29, 0.717) is 11.1 Å². The lowest BCUT2D eigenvalue weighted by Gasteiger charge is -2.09.